The van der Waals surface area contributed by atoms with E-state index in [1.165, 1.54) is 0 Å². The number of carbonyl (C=O) groups excluding carboxylic acids is 1. The molecular formula is C20H27N5O3. The van der Waals surface area contributed by atoms with Crippen LogP contribution in [0, 0.1) is 6.92 Å². The van der Waals surface area contributed by atoms with Crippen LogP contribution in [0.5, 0.6) is 5.75 Å². The number of anilines is 3. The van der Waals surface area contributed by atoms with Crippen LogP contribution in [0.1, 0.15) is 19.7 Å². The first-order valence-electron chi connectivity index (χ1n) is 9.62. The van der Waals surface area contributed by atoms with Gasteiger partial charge < -0.3 is 24.6 Å². The fraction of sp³-hybridized carbons (Fsp3) is 0.450. The van der Waals surface area contributed by atoms with Crippen LogP contribution >= 0.6 is 0 Å². The minimum Gasteiger partial charge on any atom is -0.492 e. The lowest BCUT2D eigenvalue weighted by Gasteiger charge is -2.34. The zero-order chi connectivity index (χ0) is 19.9. The van der Waals surface area contributed by atoms with Crippen molar-refractivity contribution in [1.82, 2.24) is 14.9 Å². The number of benzene rings is 1. The van der Waals surface area contributed by atoms with E-state index in [-0.39, 0.29) is 6.09 Å². The van der Waals surface area contributed by atoms with Crippen LogP contribution in [0.2, 0.25) is 0 Å². The van der Waals surface area contributed by atoms with Gasteiger partial charge in [-0.15, -0.1) is 0 Å². The van der Waals surface area contributed by atoms with Crippen molar-refractivity contribution in [2.45, 2.75) is 20.8 Å². The number of hydrogen-bond acceptors (Lipinski definition) is 7. The zero-order valence-corrected chi connectivity index (χ0v) is 16.6. The van der Waals surface area contributed by atoms with E-state index in [1.54, 1.807) is 4.90 Å². The molecule has 8 heteroatoms. The van der Waals surface area contributed by atoms with E-state index in [1.807, 2.05) is 51.1 Å². The number of piperazine rings is 1. The topological polar surface area (TPSA) is 79.8 Å². The molecule has 0 saturated carbocycles. The lowest BCUT2D eigenvalue weighted by molar-refractivity contribution is 0.105. The van der Waals surface area contributed by atoms with Gasteiger partial charge in [0.15, 0.2) is 0 Å². The predicted molar refractivity (Wildman–Crippen MR) is 108 cm³/mol. The largest absolute Gasteiger partial charge is 0.492 e. The fourth-order valence-corrected chi connectivity index (χ4v) is 3.10. The minimum absolute atomic E-state index is 0.254. The number of aromatic nitrogens is 2. The number of amides is 1. The molecule has 1 amide bonds. The molecule has 0 unspecified atom stereocenters. The Labute approximate surface area is 165 Å². The second-order valence-electron chi connectivity index (χ2n) is 6.39. The van der Waals surface area contributed by atoms with Crippen molar-refractivity contribution >= 4 is 23.4 Å². The standard InChI is InChI=1S/C20H27N5O3/c1-4-27-17-9-7-6-8-16(17)23-18-14-19(22-15(3)21-18)24-10-12-25(13-11-24)20(26)28-5-2/h6-9,14H,4-5,10-13H2,1-3H3,(H,21,22,23). The van der Waals surface area contributed by atoms with E-state index in [9.17, 15) is 4.79 Å². The smallest absolute Gasteiger partial charge is 0.409 e. The molecule has 2 aromatic rings. The molecule has 28 heavy (non-hydrogen) atoms. The number of para-hydroxylation sites is 2. The highest BCUT2D eigenvalue weighted by Gasteiger charge is 2.23. The van der Waals surface area contributed by atoms with Crippen molar-refractivity contribution in [3.8, 4) is 5.75 Å². The van der Waals surface area contributed by atoms with Gasteiger partial charge in [-0.2, -0.15) is 0 Å². The van der Waals surface area contributed by atoms with Crippen molar-refractivity contribution in [2.75, 3.05) is 49.6 Å². The predicted octanol–water partition coefficient (Wildman–Crippen LogP) is 3.21. The summed E-state index contributed by atoms with van der Waals surface area (Å²) in [6.45, 7) is 9.25. The van der Waals surface area contributed by atoms with Crippen LogP contribution in [0.25, 0.3) is 0 Å². The molecule has 0 radical (unpaired) electrons. The maximum absolute atomic E-state index is 11.9. The number of nitrogens with zero attached hydrogens (tertiary/aromatic N) is 4. The molecule has 0 spiro atoms. The molecule has 0 aliphatic carbocycles. The Hall–Kier alpha value is -3.03. The Bertz CT molecular complexity index is 806. The summed E-state index contributed by atoms with van der Waals surface area (Å²) in [5, 5.41) is 3.33. The molecule has 8 nitrogen and oxygen atoms in total. The Morgan fingerprint density at radius 1 is 1.11 bits per heavy atom. The van der Waals surface area contributed by atoms with Crippen molar-refractivity contribution in [1.29, 1.82) is 0 Å². The van der Waals surface area contributed by atoms with Gasteiger partial charge in [-0.3, -0.25) is 0 Å². The lowest BCUT2D eigenvalue weighted by Crippen LogP contribution is -2.49. The molecule has 0 atom stereocenters. The first-order chi connectivity index (χ1) is 13.6. The monoisotopic (exact) mass is 385 g/mol. The number of carbonyl (C=O) groups is 1. The van der Waals surface area contributed by atoms with E-state index >= 15 is 0 Å². The van der Waals surface area contributed by atoms with Gasteiger partial charge >= 0.3 is 6.09 Å². The van der Waals surface area contributed by atoms with E-state index in [2.05, 4.69) is 20.2 Å². The Morgan fingerprint density at radius 3 is 2.57 bits per heavy atom. The van der Waals surface area contributed by atoms with Crippen LogP contribution in [0.15, 0.2) is 30.3 Å². The van der Waals surface area contributed by atoms with Gasteiger partial charge in [0, 0.05) is 32.2 Å². The zero-order valence-electron chi connectivity index (χ0n) is 16.6. The number of ether oxygens (including phenoxy) is 2. The van der Waals surface area contributed by atoms with Crippen LogP contribution < -0.4 is 15.0 Å². The highest BCUT2D eigenvalue weighted by atomic mass is 16.6. The van der Waals surface area contributed by atoms with E-state index in [0.717, 1.165) is 17.3 Å². The SMILES string of the molecule is CCOC(=O)N1CCN(c2cc(Nc3ccccc3OCC)nc(C)n2)CC1. The van der Waals surface area contributed by atoms with E-state index in [4.69, 9.17) is 9.47 Å². The molecule has 150 valence electrons. The number of aryl methyl sites for hydroxylation is 1. The Morgan fingerprint density at radius 2 is 1.86 bits per heavy atom. The molecule has 1 saturated heterocycles. The molecule has 1 aliphatic heterocycles. The summed E-state index contributed by atoms with van der Waals surface area (Å²) in [5.41, 5.74) is 0.862. The average molecular weight is 385 g/mol. The summed E-state index contributed by atoms with van der Waals surface area (Å²) >= 11 is 0. The summed E-state index contributed by atoms with van der Waals surface area (Å²) < 4.78 is 10.8. The van der Waals surface area contributed by atoms with Crippen molar-refractivity contribution in [3.63, 3.8) is 0 Å². The summed E-state index contributed by atoms with van der Waals surface area (Å²) in [6.07, 6.45) is -0.254. The maximum atomic E-state index is 11.9. The summed E-state index contributed by atoms with van der Waals surface area (Å²) in [4.78, 5) is 24.8. The summed E-state index contributed by atoms with van der Waals surface area (Å²) in [7, 11) is 0. The molecule has 1 aromatic carbocycles. The second-order valence-corrected chi connectivity index (χ2v) is 6.39. The first kappa shape index (κ1) is 19.7. The van der Waals surface area contributed by atoms with Gasteiger partial charge in [-0.05, 0) is 32.9 Å². The third kappa shape index (κ3) is 4.82. The van der Waals surface area contributed by atoms with Gasteiger partial charge in [0.25, 0.3) is 0 Å². The second kappa shape index (κ2) is 9.25. The van der Waals surface area contributed by atoms with Gasteiger partial charge in [0.1, 0.15) is 23.2 Å². The number of rotatable bonds is 6. The van der Waals surface area contributed by atoms with Crippen LogP contribution in [-0.2, 0) is 4.74 Å². The highest BCUT2D eigenvalue weighted by molar-refractivity contribution is 5.68. The maximum Gasteiger partial charge on any atom is 0.409 e. The van der Waals surface area contributed by atoms with Crippen molar-refractivity contribution < 1.29 is 14.3 Å². The molecule has 1 aromatic heterocycles. The van der Waals surface area contributed by atoms with Gasteiger partial charge in [-0.25, -0.2) is 14.8 Å². The van der Waals surface area contributed by atoms with Crippen molar-refractivity contribution in [2.24, 2.45) is 0 Å². The summed E-state index contributed by atoms with van der Waals surface area (Å²) in [5.74, 6) is 3.02. The first-order valence-corrected chi connectivity index (χ1v) is 9.62. The molecule has 1 fully saturated rings. The molecule has 1 aliphatic rings. The summed E-state index contributed by atoms with van der Waals surface area (Å²) in [6, 6.07) is 9.70. The normalized spacial score (nSPS) is 14.0. The quantitative estimate of drug-likeness (QED) is 0.818. The van der Waals surface area contributed by atoms with Gasteiger partial charge in [0.2, 0.25) is 0 Å². The minimum atomic E-state index is -0.254. The molecule has 1 N–H and O–H groups in total. The van der Waals surface area contributed by atoms with Crippen LogP contribution in [-0.4, -0.2) is 60.4 Å². The average Bonchev–Trinajstić information content (AvgIpc) is 2.69. The Balaban J connectivity index is 1.72. The van der Waals surface area contributed by atoms with E-state index < -0.39 is 0 Å². The van der Waals surface area contributed by atoms with E-state index in [0.29, 0.717) is 51.0 Å². The van der Waals surface area contributed by atoms with Crippen LogP contribution in [0.3, 0.4) is 0 Å². The molecule has 2 heterocycles. The molecule has 3 rings (SSSR count). The van der Waals surface area contributed by atoms with Crippen LogP contribution in [0.4, 0.5) is 22.1 Å². The fourth-order valence-electron chi connectivity index (χ4n) is 3.10. The molecule has 0 bridgehead atoms. The number of hydrogen-bond donors (Lipinski definition) is 1. The van der Waals surface area contributed by atoms with Gasteiger partial charge in [-0.1, -0.05) is 12.1 Å². The Kier molecular flexibility index (Phi) is 6.52. The highest BCUT2D eigenvalue weighted by Crippen LogP contribution is 2.28. The number of nitrogens with one attached hydrogen (secondary N) is 1. The third-order valence-corrected chi connectivity index (χ3v) is 4.40. The van der Waals surface area contributed by atoms with Gasteiger partial charge in [0.05, 0.1) is 18.9 Å². The van der Waals surface area contributed by atoms with Crippen molar-refractivity contribution in [3.05, 3.63) is 36.2 Å². The molecular weight excluding hydrogens is 358 g/mol. The third-order valence-electron chi connectivity index (χ3n) is 4.40. The lowest BCUT2D eigenvalue weighted by atomic mass is 10.3.